The smallest absolute Gasteiger partial charge is 0.338 e. The average Bonchev–Trinajstić information content (AvgIpc) is 3.21. The van der Waals surface area contributed by atoms with Crippen molar-refractivity contribution in [1.82, 2.24) is 4.98 Å². The Morgan fingerprint density at radius 3 is 2.48 bits per heavy atom. The molecule has 1 N–H and O–H groups in total. The van der Waals surface area contributed by atoms with Crippen molar-refractivity contribution in [2.24, 2.45) is 0 Å². The van der Waals surface area contributed by atoms with Crippen LogP contribution < -0.4 is 4.90 Å². The Morgan fingerprint density at radius 1 is 1.10 bits per heavy atom. The molecule has 1 unspecified atom stereocenters. The third-order valence-electron chi connectivity index (χ3n) is 5.14. The number of carbonyl (C=O) groups is 2. The van der Waals surface area contributed by atoms with Gasteiger partial charge in [-0.2, -0.15) is 0 Å². The summed E-state index contributed by atoms with van der Waals surface area (Å²) in [6.45, 7) is 0.569. The number of esters is 1. The van der Waals surface area contributed by atoms with Crippen molar-refractivity contribution in [2.45, 2.75) is 18.9 Å². The molecule has 0 spiro atoms. The van der Waals surface area contributed by atoms with Gasteiger partial charge in [0.2, 0.25) is 0 Å². The van der Waals surface area contributed by atoms with Crippen LogP contribution in [-0.4, -0.2) is 41.7 Å². The second-order valence-electron chi connectivity index (χ2n) is 6.75. The molecule has 1 saturated heterocycles. The van der Waals surface area contributed by atoms with Gasteiger partial charge in [0, 0.05) is 17.5 Å². The van der Waals surface area contributed by atoms with Gasteiger partial charge in [0.1, 0.15) is 6.04 Å². The summed E-state index contributed by atoms with van der Waals surface area (Å²) in [7, 11) is 1.35. The lowest BCUT2D eigenvalue weighted by atomic mass is 9.99. The Bertz CT molecular complexity index is 1060. The van der Waals surface area contributed by atoms with Crippen LogP contribution in [0.3, 0.4) is 0 Å². The van der Waals surface area contributed by atoms with Gasteiger partial charge < -0.3 is 14.7 Å². The van der Waals surface area contributed by atoms with Gasteiger partial charge in [0.25, 0.3) is 0 Å². The standard InChI is InChI=1S/C22H20N2O4.ClH/c1-28-22(27)17-12-7-13-24(17)20-18(21(25)26)15-10-5-6-11-16(15)23-19(20)14-8-3-2-4-9-14;/h2-6,8-11,17H,7,12-13H2,1H3,(H,25,26);1H. The number of hydrogen-bond acceptors (Lipinski definition) is 5. The van der Waals surface area contributed by atoms with Crippen LogP contribution in [-0.2, 0) is 9.53 Å². The number of rotatable bonds is 4. The van der Waals surface area contributed by atoms with E-state index in [1.165, 1.54) is 7.11 Å². The summed E-state index contributed by atoms with van der Waals surface area (Å²) >= 11 is 0. The summed E-state index contributed by atoms with van der Waals surface area (Å²) in [5.74, 6) is -1.40. The number of methoxy groups -OCH3 is 1. The first-order chi connectivity index (χ1) is 13.6. The van der Waals surface area contributed by atoms with Crippen molar-refractivity contribution in [3.8, 4) is 11.3 Å². The number of aromatic nitrogens is 1. The van der Waals surface area contributed by atoms with E-state index in [0.29, 0.717) is 35.2 Å². The number of ether oxygens (including phenoxy) is 1. The highest BCUT2D eigenvalue weighted by atomic mass is 35.5. The monoisotopic (exact) mass is 412 g/mol. The molecule has 2 heterocycles. The zero-order valence-corrected chi connectivity index (χ0v) is 16.7. The molecule has 1 aliphatic heterocycles. The minimum absolute atomic E-state index is 0. The molecule has 1 fully saturated rings. The molecule has 0 bridgehead atoms. The van der Waals surface area contributed by atoms with E-state index in [2.05, 4.69) is 0 Å². The fourth-order valence-electron chi connectivity index (χ4n) is 3.91. The second-order valence-corrected chi connectivity index (χ2v) is 6.75. The van der Waals surface area contributed by atoms with Crippen LogP contribution >= 0.6 is 12.4 Å². The summed E-state index contributed by atoms with van der Waals surface area (Å²) in [6.07, 6.45) is 1.40. The maximum absolute atomic E-state index is 12.4. The summed E-state index contributed by atoms with van der Waals surface area (Å²) in [5.41, 5.74) is 2.62. The number of fused-ring (bicyclic) bond motifs is 1. The zero-order chi connectivity index (χ0) is 19.7. The van der Waals surface area contributed by atoms with Crippen LogP contribution in [0.5, 0.6) is 0 Å². The third kappa shape index (κ3) is 3.63. The SMILES string of the molecule is COC(=O)C1CCCN1c1c(-c2ccccc2)nc2ccccc2c1C(=O)O.Cl. The van der Waals surface area contributed by atoms with E-state index in [0.717, 1.165) is 12.0 Å². The van der Waals surface area contributed by atoms with Gasteiger partial charge in [0.15, 0.2) is 0 Å². The molecular weight excluding hydrogens is 392 g/mol. The van der Waals surface area contributed by atoms with Crippen molar-refractivity contribution < 1.29 is 19.4 Å². The Morgan fingerprint density at radius 2 is 1.79 bits per heavy atom. The van der Waals surface area contributed by atoms with Crippen LogP contribution in [0, 0.1) is 0 Å². The normalized spacial score (nSPS) is 15.8. The molecule has 29 heavy (non-hydrogen) atoms. The molecule has 2 aromatic carbocycles. The predicted octanol–water partition coefficient (Wildman–Crippen LogP) is 4.16. The van der Waals surface area contributed by atoms with Crippen LogP contribution in [0.1, 0.15) is 23.2 Å². The van der Waals surface area contributed by atoms with Crippen LogP contribution in [0.2, 0.25) is 0 Å². The number of carboxylic acids is 1. The first-order valence-electron chi connectivity index (χ1n) is 9.17. The Balaban J connectivity index is 0.00000240. The van der Waals surface area contributed by atoms with E-state index >= 15 is 0 Å². The number of halogens is 1. The lowest BCUT2D eigenvalue weighted by Gasteiger charge is -2.29. The summed E-state index contributed by atoms with van der Waals surface area (Å²) in [6, 6.07) is 16.1. The third-order valence-corrected chi connectivity index (χ3v) is 5.14. The number of carboxylic acid groups (broad SMARTS) is 1. The van der Waals surface area contributed by atoms with Crippen molar-refractivity contribution in [1.29, 1.82) is 0 Å². The van der Waals surface area contributed by atoms with Crippen LogP contribution in [0.25, 0.3) is 22.2 Å². The lowest BCUT2D eigenvalue weighted by molar-refractivity contribution is -0.141. The maximum Gasteiger partial charge on any atom is 0.338 e. The van der Waals surface area contributed by atoms with Crippen molar-refractivity contribution in [2.75, 3.05) is 18.6 Å². The van der Waals surface area contributed by atoms with E-state index < -0.39 is 12.0 Å². The highest BCUT2D eigenvalue weighted by Gasteiger charge is 2.36. The minimum Gasteiger partial charge on any atom is -0.478 e. The van der Waals surface area contributed by atoms with Gasteiger partial charge in [-0.05, 0) is 18.9 Å². The Kier molecular flexibility index (Phi) is 6.03. The van der Waals surface area contributed by atoms with Gasteiger partial charge in [-0.15, -0.1) is 12.4 Å². The minimum atomic E-state index is -1.04. The molecule has 3 aromatic rings. The van der Waals surface area contributed by atoms with E-state index in [9.17, 15) is 14.7 Å². The number of para-hydroxylation sites is 1. The van der Waals surface area contributed by atoms with Crippen molar-refractivity contribution in [3.05, 3.63) is 60.2 Å². The first kappa shape index (κ1) is 20.6. The molecule has 1 aromatic heterocycles. The molecule has 1 aliphatic rings. The summed E-state index contributed by atoms with van der Waals surface area (Å²) < 4.78 is 4.97. The number of hydrogen-bond donors (Lipinski definition) is 1. The van der Waals surface area contributed by atoms with Gasteiger partial charge in [-0.1, -0.05) is 48.5 Å². The molecule has 1 atom stereocenters. The number of anilines is 1. The lowest BCUT2D eigenvalue weighted by Crippen LogP contribution is -2.38. The van der Waals surface area contributed by atoms with Gasteiger partial charge >= 0.3 is 11.9 Å². The van der Waals surface area contributed by atoms with E-state index in [1.807, 2.05) is 41.3 Å². The zero-order valence-electron chi connectivity index (χ0n) is 15.9. The highest BCUT2D eigenvalue weighted by molar-refractivity contribution is 6.11. The second kappa shape index (κ2) is 8.49. The maximum atomic E-state index is 12.4. The number of carbonyl (C=O) groups excluding carboxylic acids is 1. The van der Waals surface area contributed by atoms with E-state index in [4.69, 9.17) is 9.72 Å². The Labute approximate surface area is 174 Å². The van der Waals surface area contributed by atoms with E-state index in [-0.39, 0.29) is 23.9 Å². The fraction of sp³-hybridized carbons (Fsp3) is 0.227. The molecule has 0 radical (unpaired) electrons. The highest BCUT2D eigenvalue weighted by Crippen LogP contribution is 2.40. The van der Waals surface area contributed by atoms with Crippen LogP contribution in [0.15, 0.2) is 54.6 Å². The first-order valence-corrected chi connectivity index (χ1v) is 9.17. The van der Waals surface area contributed by atoms with Gasteiger partial charge in [0.05, 0.1) is 29.6 Å². The van der Waals surface area contributed by atoms with E-state index in [1.54, 1.807) is 18.2 Å². The largest absolute Gasteiger partial charge is 0.478 e. The van der Waals surface area contributed by atoms with Crippen molar-refractivity contribution in [3.63, 3.8) is 0 Å². The molecule has 0 aliphatic carbocycles. The molecular formula is C22H21ClN2O4. The molecule has 6 nitrogen and oxygen atoms in total. The molecule has 4 rings (SSSR count). The predicted molar refractivity (Wildman–Crippen MR) is 114 cm³/mol. The van der Waals surface area contributed by atoms with Crippen LogP contribution in [0.4, 0.5) is 5.69 Å². The number of benzene rings is 2. The average molecular weight is 413 g/mol. The number of nitrogens with zero attached hydrogens (tertiary/aromatic N) is 2. The van der Waals surface area contributed by atoms with Gasteiger partial charge in [-0.3, -0.25) is 0 Å². The summed E-state index contributed by atoms with van der Waals surface area (Å²) in [5, 5.41) is 10.7. The number of pyridine rings is 1. The fourth-order valence-corrected chi connectivity index (χ4v) is 3.91. The Hall–Kier alpha value is -3.12. The topological polar surface area (TPSA) is 79.7 Å². The van der Waals surface area contributed by atoms with Crippen molar-refractivity contribution >= 4 is 40.9 Å². The van der Waals surface area contributed by atoms with Gasteiger partial charge in [-0.25, -0.2) is 14.6 Å². The number of aromatic carboxylic acids is 1. The molecule has 7 heteroatoms. The quantitative estimate of drug-likeness (QED) is 0.648. The molecule has 0 amide bonds. The molecule has 0 saturated carbocycles. The molecule has 150 valence electrons. The summed E-state index contributed by atoms with van der Waals surface area (Å²) in [4.78, 5) is 31.3.